The summed E-state index contributed by atoms with van der Waals surface area (Å²) in [4.78, 5) is 35.2. The lowest BCUT2D eigenvalue weighted by Gasteiger charge is -2.08. The van der Waals surface area contributed by atoms with Crippen molar-refractivity contribution in [1.82, 2.24) is 10.2 Å². The summed E-state index contributed by atoms with van der Waals surface area (Å²) in [5.74, 6) is -0.461. The fraction of sp³-hybridized carbons (Fsp3) is 0.111. The van der Waals surface area contributed by atoms with Crippen molar-refractivity contribution in [3.63, 3.8) is 0 Å². The summed E-state index contributed by atoms with van der Waals surface area (Å²) < 4.78 is 0. The van der Waals surface area contributed by atoms with Crippen molar-refractivity contribution in [3.05, 3.63) is 64.6 Å². The van der Waals surface area contributed by atoms with Crippen LogP contribution in [0.2, 0.25) is 0 Å². The van der Waals surface area contributed by atoms with Gasteiger partial charge in [0.05, 0.1) is 17.5 Å². The first kappa shape index (κ1) is 16.4. The molecule has 2 aromatic carbocycles. The lowest BCUT2D eigenvalue weighted by Crippen LogP contribution is -2.18. The van der Waals surface area contributed by atoms with Crippen LogP contribution in [0.1, 0.15) is 12.6 Å². The van der Waals surface area contributed by atoms with E-state index >= 15 is 0 Å². The Labute approximate surface area is 143 Å². The average Bonchev–Trinajstić information content (AvgIpc) is 2.57. The summed E-state index contributed by atoms with van der Waals surface area (Å²) in [6, 6.07) is 13.9. The fourth-order valence-electron chi connectivity index (χ4n) is 2.54. The summed E-state index contributed by atoms with van der Waals surface area (Å²) in [5, 5.41) is 13.0. The number of hydrogen-bond acceptors (Lipinski definition) is 4. The van der Waals surface area contributed by atoms with Crippen LogP contribution in [0.25, 0.3) is 10.8 Å². The summed E-state index contributed by atoms with van der Waals surface area (Å²) >= 11 is 0. The monoisotopic (exact) mass is 336 g/mol. The zero-order valence-corrected chi connectivity index (χ0v) is 13.5. The molecule has 1 heterocycles. The lowest BCUT2D eigenvalue weighted by atomic mass is 10.1. The van der Waals surface area contributed by atoms with E-state index < -0.39 is 0 Å². The Morgan fingerprint density at radius 2 is 1.68 bits per heavy atom. The topological polar surface area (TPSA) is 104 Å². The van der Waals surface area contributed by atoms with E-state index in [1.54, 1.807) is 48.5 Å². The Hall–Kier alpha value is -3.48. The molecule has 0 saturated carbocycles. The van der Waals surface area contributed by atoms with E-state index in [1.165, 1.54) is 6.92 Å². The van der Waals surface area contributed by atoms with Gasteiger partial charge < -0.3 is 10.6 Å². The Morgan fingerprint density at radius 1 is 1.00 bits per heavy atom. The van der Waals surface area contributed by atoms with Gasteiger partial charge in [-0.3, -0.25) is 14.4 Å². The maximum Gasteiger partial charge on any atom is 0.272 e. The molecule has 25 heavy (non-hydrogen) atoms. The van der Waals surface area contributed by atoms with Crippen molar-refractivity contribution in [2.24, 2.45) is 0 Å². The van der Waals surface area contributed by atoms with Crippen LogP contribution in [0, 0.1) is 0 Å². The largest absolute Gasteiger partial charge is 0.326 e. The van der Waals surface area contributed by atoms with Crippen molar-refractivity contribution >= 4 is 34.0 Å². The van der Waals surface area contributed by atoms with Gasteiger partial charge in [0.15, 0.2) is 0 Å². The number of aromatic nitrogens is 2. The van der Waals surface area contributed by atoms with Gasteiger partial charge >= 0.3 is 0 Å². The van der Waals surface area contributed by atoms with E-state index in [-0.39, 0.29) is 23.8 Å². The molecule has 0 aliphatic rings. The Morgan fingerprint density at radius 3 is 2.40 bits per heavy atom. The average molecular weight is 336 g/mol. The minimum absolute atomic E-state index is 0.0155. The number of H-pyrrole nitrogens is 1. The minimum atomic E-state index is -0.289. The summed E-state index contributed by atoms with van der Waals surface area (Å²) in [6.07, 6.45) is 0.0155. The number of benzene rings is 2. The molecule has 2 amide bonds. The molecule has 0 unspecified atom stereocenters. The van der Waals surface area contributed by atoms with Gasteiger partial charge in [-0.2, -0.15) is 5.10 Å². The van der Waals surface area contributed by atoms with E-state index in [2.05, 4.69) is 20.8 Å². The van der Waals surface area contributed by atoms with Crippen LogP contribution in [0.3, 0.4) is 0 Å². The van der Waals surface area contributed by atoms with E-state index in [0.717, 1.165) is 0 Å². The second kappa shape index (κ2) is 6.96. The quantitative estimate of drug-likeness (QED) is 0.678. The number of hydrogen-bond donors (Lipinski definition) is 3. The molecule has 126 valence electrons. The highest BCUT2D eigenvalue weighted by Gasteiger charge is 2.11. The molecule has 3 N–H and O–H groups in total. The van der Waals surface area contributed by atoms with Gasteiger partial charge in [-0.1, -0.05) is 24.3 Å². The Kier molecular flexibility index (Phi) is 4.56. The second-order valence-electron chi connectivity index (χ2n) is 5.53. The van der Waals surface area contributed by atoms with Gasteiger partial charge in [0.25, 0.3) is 5.56 Å². The third-order valence-corrected chi connectivity index (χ3v) is 3.57. The molecule has 0 radical (unpaired) electrons. The van der Waals surface area contributed by atoms with Crippen molar-refractivity contribution in [2.75, 3.05) is 10.6 Å². The van der Waals surface area contributed by atoms with Crippen molar-refractivity contribution in [2.45, 2.75) is 13.3 Å². The molecule has 3 aromatic rings. The molecule has 0 aliphatic carbocycles. The van der Waals surface area contributed by atoms with Crippen LogP contribution in [0.15, 0.2) is 53.3 Å². The maximum absolute atomic E-state index is 12.3. The normalized spacial score (nSPS) is 10.4. The van der Waals surface area contributed by atoms with E-state index in [1.807, 2.05) is 0 Å². The number of rotatable bonds is 4. The molecular formula is C18H16N4O3. The summed E-state index contributed by atoms with van der Waals surface area (Å²) in [6.45, 7) is 1.41. The highest BCUT2D eigenvalue weighted by molar-refractivity contribution is 5.96. The highest BCUT2D eigenvalue weighted by atomic mass is 16.2. The molecule has 1 aromatic heterocycles. The van der Waals surface area contributed by atoms with Crippen LogP contribution >= 0.6 is 0 Å². The molecule has 0 spiro atoms. The number of carbonyl (C=O) groups is 2. The van der Waals surface area contributed by atoms with Gasteiger partial charge in [0.2, 0.25) is 11.8 Å². The van der Waals surface area contributed by atoms with Gasteiger partial charge in [0.1, 0.15) is 0 Å². The van der Waals surface area contributed by atoms with Crippen LogP contribution in [-0.2, 0) is 16.0 Å². The predicted octanol–water partition coefficient (Wildman–Crippen LogP) is 2.06. The Bertz CT molecular complexity index is 1010. The first-order chi connectivity index (χ1) is 12.0. The lowest BCUT2D eigenvalue weighted by molar-refractivity contribution is -0.116. The zero-order chi connectivity index (χ0) is 17.8. The summed E-state index contributed by atoms with van der Waals surface area (Å²) in [7, 11) is 0. The van der Waals surface area contributed by atoms with Crippen molar-refractivity contribution in [1.29, 1.82) is 0 Å². The smallest absolute Gasteiger partial charge is 0.272 e. The Balaban J connectivity index is 1.79. The van der Waals surface area contributed by atoms with E-state index in [4.69, 9.17) is 0 Å². The SMILES string of the molecule is CC(=O)Nc1cccc(NC(=O)Cc2n[nH]c(=O)c3ccccc23)c1. The van der Waals surface area contributed by atoms with Gasteiger partial charge in [-0.15, -0.1) is 0 Å². The third kappa shape index (κ3) is 3.89. The number of carbonyl (C=O) groups excluding carboxylic acids is 2. The van der Waals surface area contributed by atoms with Crippen LogP contribution < -0.4 is 16.2 Å². The number of aromatic amines is 1. The highest BCUT2D eigenvalue weighted by Crippen LogP contribution is 2.17. The molecule has 0 atom stereocenters. The molecule has 0 saturated heterocycles. The number of nitrogens with one attached hydrogen (secondary N) is 3. The minimum Gasteiger partial charge on any atom is -0.326 e. The molecule has 3 rings (SSSR count). The molecule has 0 aliphatic heterocycles. The predicted molar refractivity (Wildman–Crippen MR) is 95.4 cm³/mol. The van der Waals surface area contributed by atoms with Gasteiger partial charge in [-0.05, 0) is 24.3 Å². The van der Waals surface area contributed by atoms with Crippen LogP contribution in [0.5, 0.6) is 0 Å². The van der Waals surface area contributed by atoms with Crippen LogP contribution in [0.4, 0.5) is 11.4 Å². The third-order valence-electron chi connectivity index (χ3n) is 3.57. The van der Waals surface area contributed by atoms with Gasteiger partial charge in [0, 0.05) is 23.7 Å². The standard InChI is InChI=1S/C18H16N4O3/c1-11(23)19-12-5-4-6-13(9-12)20-17(24)10-16-14-7-2-3-8-15(14)18(25)22-21-16/h2-9H,10H2,1H3,(H,19,23)(H,20,24)(H,22,25). The fourth-order valence-corrected chi connectivity index (χ4v) is 2.54. The zero-order valence-electron chi connectivity index (χ0n) is 13.5. The van der Waals surface area contributed by atoms with E-state index in [9.17, 15) is 14.4 Å². The molecule has 0 bridgehead atoms. The summed E-state index contributed by atoms with van der Waals surface area (Å²) in [5.41, 5.74) is 1.36. The maximum atomic E-state index is 12.3. The first-order valence-corrected chi connectivity index (χ1v) is 7.67. The van der Waals surface area contributed by atoms with E-state index in [0.29, 0.717) is 27.8 Å². The van der Waals surface area contributed by atoms with Crippen LogP contribution in [-0.4, -0.2) is 22.0 Å². The van der Waals surface area contributed by atoms with Crippen molar-refractivity contribution in [3.8, 4) is 0 Å². The molecular weight excluding hydrogens is 320 g/mol. The second-order valence-corrected chi connectivity index (χ2v) is 5.53. The molecule has 7 heteroatoms. The number of fused-ring (bicyclic) bond motifs is 1. The number of anilines is 2. The molecule has 7 nitrogen and oxygen atoms in total. The van der Waals surface area contributed by atoms with Gasteiger partial charge in [-0.25, -0.2) is 5.10 Å². The molecule has 0 fully saturated rings. The number of amides is 2. The van der Waals surface area contributed by atoms with Crippen molar-refractivity contribution < 1.29 is 9.59 Å². The first-order valence-electron chi connectivity index (χ1n) is 7.67. The number of nitrogens with zero attached hydrogens (tertiary/aromatic N) is 1.